The van der Waals surface area contributed by atoms with Crippen molar-refractivity contribution in [1.82, 2.24) is 5.32 Å². The number of benzene rings is 1. The van der Waals surface area contributed by atoms with Crippen LogP contribution < -0.4 is 10.6 Å². The van der Waals surface area contributed by atoms with Gasteiger partial charge in [0.05, 0.1) is 5.56 Å². The Labute approximate surface area is 127 Å². The van der Waals surface area contributed by atoms with Crippen molar-refractivity contribution in [3.05, 3.63) is 29.8 Å². The van der Waals surface area contributed by atoms with Gasteiger partial charge in [0.2, 0.25) is 0 Å². The first-order chi connectivity index (χ1) is 10.0. The number of para-hydroxylation sites is 1. The molecule has 0 atom stereocenters. The molecule has 1 amide bonds. The van der Waals surface area contributed by atoms with Crippen LogP contribution in [-0.2, 0) is 4.74 Å². The van der Waals surface area contributed by atoms with E-state index in [1.54, 1.807) is 0 Å². The first kappa shape index (κ1) is 15.8. The van der Waals surface area contributed by atoms with Gasteiger partial charge in [0.15, 0.2) is 0 Å². The Balaban J connectivity index is 2.00. The molecule has 116 valence electrons. The Morgan fingerprint density at radius 3 is 2.62 bits per heavy atom. The topological polar surface area (TPSA) is 50.4 Å². The number of nitrogens with one attached hydrogen (secondary N) is 2. The fraction of sp³-hybridized carbons (Fsp3) is 0.588. The molecule has 0 saturated carbocycles. The maximum absolute atomic E-state index is 12.4. The maximum Gasteiger partial charge on any atom is 0.253 e. The Hall–Kier alpha value is -1.55. The highest BCUT2D eigenvalue weighted by Gasteiger charge is 2.28. The van der Waals surface area contributed by atoms with E-state index in [-0.39, 0.29) is 11.3 Å². The third kappa shape index (κ3) is 4.46. The van der Waals surface area contributed by atoms with Crippen molar-refractivity contribution in [2.75, 3.05) is 25.1 Å². The first-order valence-electron chi connectivity index (χ1n) is 7.72. The number of ether oxygens (including phenoxy) is 1. The zero-order valence-corrected chi connectivity index (χ0v) is 13.2. The van der Waals surface area contributed by atoms with Crippen LogP contribution in [0.3, 0.4) is 0 Å². The average molecular weight is 290 g/mol. The Kier molecular flexibility index (Phi) is 5.23. The third-order valence-electron chi connectivity index (χ3n) is 3.99. The van der Waals surface area contributed by atoms with Gasteiger partial charge < -0.3 is 15.4 Å². The SMILES string of the molecule is CC(C)Nc1ccccc1C(=O)NCC1(C)CCOCC1. The molecule has 0 bridgehead atoms. The van der Waals surface area contributed by atoms with Crippen molar-refractivity contribution >= 4 is 11.6 Å². The maximum atomic E-state index is 12.4. The zero-order chi connectivity index (χ0) is 15.3. The van der Waals surface area contributed by atoms with Gasteiger partial charge in [0, 0.05) is 31.5 Å². The van der Waals surface area contributed by atoms with Gasteiger partial charge in [-0.25, -0.2) is 0 Å². The second-order valence-corrected chi connectivity index (χ2v) is 6.45. The lowest BCUT2D eigenvalue weighted by Crippen LogP contribution is -2.39. The molecule has 1 aliphatic heterocycles. The number of amides is 1. The molecule has 0 unspecified atom stereocenters. The summed E-state index contributed by atoms with van der Waals surface area (Å²) in [5, 5.41) is 6.41. The van der Waals surface area contributed by atoms with Crippen LogP contribution in [0.15, 0.2) is 24.3 Å². The lowest BCUT2D eigenvalue weighted by atomic mass is 9.82. The number of carbonyl (C=O) groups excluding carboxylic acids is 1. The zero-order valence-electron chi connectivity index (χ0n) is 13.2. The number of carbonyl (C=O) groups is 1. The van der Waals surface area contributed by atoms with Crippen LogP contribution in [0, 0.1) is 5.41 Å². The smallest absolute Gasteiger partial charge is 0.253 e. The highest BCUT2D eigenvalue weighted by atomic mass is 16.5. The van der Waals surface area contributed by atoms with E-state index in [9.17, 15) is 4.79 Å². The van der Waals surface area contributed by atoms with Crippen molar-refractivity contribution < 1.29 is 9.53 Å². The lowest BCUT2D eigenvalue weighted by molar-refractivity contribution is 0.0238. The Morgan fingerprint density at radius 2 is 1.95 bits per heavy atom. The molecule has 1 fully saturated rings. The molecule has 1 aromatic rings. The first-order valence-corrected chi connectivity index (χ1v) is 7.72. The average Bonchev–Trinajstić information content (AvgIpc) is 2.46. The van der Waals surface area contributed by atoms with Gasteiger partial charge in [-0.2, -0.15) is 0 Å². The molecule has 21 heavy (non-hydrogen) atoms. The fourth-order valence-corrected chi connectivity index (χ4v) is 2.55. The van der Waals surface area contributed by atoms with E-state index < -0.39 is 0 Å². The number of anilines is 1. The van der Waals surface area contributed by atoms with Gasteiger partial charge in [0.25, 0.3) is 5.91 Å². The normalized spacial score (nSPS) is 17.5. The predicted molar refractivity (Wildman–Crippen MR) is 85.7 cm³/mol. The minimum Gasteiger partial charge on any atom is -0.382 e. The quantitative estimate of drug-likeness (QED) is 0.876. The molecular weight excluding hydrogens is 264 g/mol. The van der Waals surface area contributed by atoms with E-state index in [1.807, 2.05) is 24.3 Å². The molecular formula is C17H26N2O2. The molecule has 0 spiro atoms. The highest BCUT2D eigenvalue weighted by molar-refractivity contribution is 5.99. The van der Waals surface area contributed by atoms with Crippen LogP contribution in [0.1, 0.15) is 44.0 Å². The van der Waals surface area contributed by atoms with Crippen molar-refractivity contribution in [3.63, 3.8) is 0 Å². The van der Waals surface area contributed by atoms with Crippen LogP contribution in [0.25, 0.3) is 0 Å². The van der Waals surface area contributed by atoms with Gasteiger partial charge >= 0.3 is 0 Å². The number of rotatable bonds is 5. The molecule has 1 aliphatic rings. The summed E-state index contributed by atoms with van der Waals surface area (Å²) in [7, 11) is 0. The summed E-state index contributed by atoms with van der Waals surface area (Å²) < 4.78 is 5.40. The van der Waals surface area contributed by atoms with E-state index in [0.29, 0.717) is 18.2 Å². The van der Waals surface area contributed by atoms with E-state index in [4.69, 9.17) is 4.74 Å². The van der Waals surface area contributed by atoms with Gasteiger partial charge in [-0.15, -0.1) is 0 Å². The number of hydrogen-bond donors (Lipinski definition) is 2. The standard InChI is InChI=1S/C17H26N2O2/c1-13(2)19-15-7-5-4-6-14(15)16(20)18-12-17(3)8-10-21-11-9-17/h4-7,13,19H,8-12H2,1-3H3,(H,18,20). The third-order valence-corrected chi connectivity index (χ3v) is 3.99. The van der Waals surface area contributed by atoms with Gasteiger partial charge in [0.1, 0.15) is 0 Å². The number of hydrogen-bond acceptors (Lipinski definition) is 3. The van der Waals surface area contributed by atoms with Gasteiger partial charge in [-0.1, -0.05) is 19.1 Å². The molecule has 2 N–H and O–H groups in total. The molecule has 0 aliphatic carbocycles. The predicted octanol–water partition coefficient (Wildman–Crippen LogP) is 3.05. The summed E-state index contributed by atoms with van der Waals surface area (Å²) in [6.45, 7) is 8.63. The summed E-state index contributed by atoms with van der Waals surface area (Å²) in [5.41, 5.74) is 1.75. The molecule has 2 rings (SSSR count). The van der Waals surface area contributed by atoms with Crippen LogP contribution in [0.4, 0.5) is 5.69 Å². The summed E-state index contributed by atoms with van der Waals surface area (Å²) in [6.07, 6.45) is 2.00. The molecule has 1 heterocycles. The van der Waals surface area contributed by atoms with E-state index >= 15 is 0 Å². The monoisotopic (exact) mass is 290 g/mol. The molecule has 4 nitrogen and oxygen atoms in total. The second-order valence-electron chi connectivity index (χ2n) is 6.45. The summed E-state index contributed by atoms with van der Waals surface area (Å²) in [6, 6.07) is 7.96. The van der Waals surface area contributed by atoms with Crippen LogP contribution in [0.2, 0.25) is 0 Å². The summed E-state index contributed by atoms with van der Waals surface area (Å²) >= 11 is 0. The fourth-order valence-electron chi connectivity index (χ4n) is 2.55. The van der Waals surface area contributed by atoms with Gasteiger partial charge in [-0.3, -0.25) is 4.79 Å². The molecule has 0 radical (unpaired) electrons. The molecule has 0 aromatic heterocycles. The Bertz CT molecular complexity index is 479. The van der Waals surface area contributed by atoms with E-state index in [1.165, 1.54) is 0 Å². The minimum absolute atomic E-state index is 0.00790. The second kappa shape index (κ2) is 6.94. The molecule has 1 aromatic carbocycles. The largest absolute Gasteiger partial charge is 0.382 e. The van der Waals surface area contributed by atoms with Crippen molar-refractivity contribution in [3.8, 4) is 0 Å². The van der Waals surface area contributed by atoms with Crippen LogP contribution in [-0.4, -0.2) is 31.7 Å². The van der Waals surface area contributed by atoms with Gasteiger partial charge in [-0.05, 0) is 44.2 Å². The van der Waals surface area contributed by atoms with Crippen LogP contribution >= 0.6 is 0 Å². The summed E-state index contributed by atoms with van der Waals surface area (Å²) in [5.74, 6) is -0.00790. The lowest BCUT2D eigenvalue weighted by Gasteiger charge is -2.33. The van der Waals surface area contributed by atoms with E-state index in [0.717, 1.165) is 31.7 Å². The highest BCUT2D eigenvalue weighted by Crippen LogP contribution is 2.29. The van der Waals surface area contributed by atoms with Crippen molar-refractivity contribution in [1.29, 1.82) is 0 Å². The van der Waals surface area contributed by atoms with Crippen LogP contribution in [0.5, 0.6) is 0 Å². The molecule has 1 saturated heterocycles. The summed E-state index contributed by atoms with van der Waals surface area (Å²) in [4.78, 5) is 12.4. The Morgan fingerprint density at radius 1 is 1.29 bits per heavy atom. The van der Waals surface area contributed by atoms with Crippen molar-refractivity contribution in [2.45, 2.75) is 39.7 Å². The van der Waals surface area contributed by atoms with E-state index in [2.05, 4.69) is 31.4 Å². The van der Waals surface area contributed by atoms with Crippen molar-refractivity contribution in [2.24, 2.45) is 5.41 Å². The molecule has 4 heteroatoms. The minimum atomic E-state index is -0.00790.